The third kappa shape index (κ3) is 4.10. The number of hydrogen-bond donors (Lipinski definition) is 2. The van der Waals surface area contributed by atoms with Gasteiger partial charge in [-0.3, -0.25) is 0 Å². The number of thioether (sulfide) groups is 1. The Hall–Kier alpha value is -3.09. The van der Waals surface area contributed by atoms with Crippen LogP contribution in [-0.2, 0) is 4.74 Å². The number of hydrogen-bond acceptors (Lipinski definition) is 9. The van der Waals surface area contributed by atoms with Gasteiger partial charge in [0.2, 0.25) is 11.9 Å². The lowest BCUT2D eigenvalue weighted by Crippen LogP contribution is -2.37. The van der Waals surface area contributed by atoms with Gasteiger partial charge < -0.3 is 20.3 Å². The van der Waals surface area contributed by atoms with E-state index in [1.807, 2.05) is 35.7 Å². The number of nitriles is 1. The van der Waals surface area contributed by atoms with Gasteiger partial charge in [0.1, 0.15) is 11.6 Å². The summed E-state index contributed by atoms with van der Waals surface area (Å²) >= 11 is 1.48. The molecule has 1 aliphatic carbocycles. The molecule has 8 nitrogen and oxygen atoms in total. The van der Waals surface area contributed by atoms with Gasteiger partial charge >= 0.3 is 0 Å². The van der Waals surface area contributed by atoms with Gasteiger partial charge in [-0.25, -0.2) is 0 Å². The first-order valence-electron chi connectivity index (χ1n) is 9.99. The molecule has 1 saturated heterocycles. The molecular formula is C21H21N7OS. The maximum Gasteiger partial charge on any atom is 0.230 e. The molecule has 2 aliphatic heterocycles. The lowest BCUT2D eigenvalue weighted by molar-refractivity contribution is 0.122. The Labute approximate surface area is 179 Å². The number of rotatable bonds is 5. The minimum absolute atomic E-state index is 0.384. The van der Waals surface area contributed by atoms with Crippen molar-refractivity contribution in [2.24, 2.45) is 0 Å². The van der Waals surface area contributed by atoms with Crippen LogP contribution in [-0.4, -0.2) is 47.3 Å². The maximum absolute atomic E-state index is 9.94. The van der Waals surface area contributed by atoms with Crippen molar-refractivity contribution >= 4 is 34.9 Å². The van der Waals surface area contributed by atoms with E-state index in [1.165, 1.54) is 11.8 Å². The lowest BCUT2D eigenvalue weighted by Gasteiger charge is -2.27. The number of allylic oxidation sites excluding steroid dienone is 1. The summed E-state index contributed by atoms with van der Waals surface area (Å²) < 4.78 is 5.45. The SMILES string of the molecule is N#CC(=C1NC(c2ccccc2)=CS1)c1nc(NC2CC2)nc(N2CCOCC2)n1. The predicted molar refractivity (Wildman–Crippen MR) is 117 cm³/mol. The van der Waals surface area contributed by atoms with E-state index in [2.05, 4.69) is 36.6 Å². The molecule has 1 saturated carbocycles. The Balaban J connectivity index is 1.48. The molecule has 30 heavy (non-hydrogen) atoms. The molecule has 0 amide bonds. The second-order valence-electron chi connectivity index (χ2n) is 7.26. The summed E-state index contributed by atoms with van der Waals surface area (Å²) in [6, 6.07) is 12.7. The average Bonchev–Trinajstić information content (AvgIpc) is 3.48. The van der Waals surface area contributed by atoms with E-state index in [0.29, 0.717) is 42.5 Å². The number of nitrogens with zero attached hydrogens (tertiary/aromatic N) is 5. The number of nitrogens with one attached hydrogen (secondary N) is 2. The van der Waals surface area contributed by atoms with Crippen LogP contribution >= 0.6 is 11.8 Å². The van der Waals surface area contributed by atoms with Crippen LogP contribution in [0, 0.1) is 11.3 Å². The molecule has 2 N–H and O–H groups in total. The zero-order valence-electron chi connectivity index (χ0n) is 16.3. The van der Waals surface area contributed by atoms with Gasteiger partial charge in [0.25, 0.3) is 0 Å². The third-order valence-electron chi connectivity index (χ3n) is 5.02. The second-order valence-corrected chi connectivity index (χ2v) is 8.14. The Bertz CT molecular complexity index is 1040. The average molecular weight is 420 g/mol. The Kier molecular flexibility index (Phi) is 5.26. The normalized spacial score (nSPS) is 20.2. The summed E-state index contributed by atoms with van der Waals surface area (Å²) in [6.45, 7) is 2.72. The first kappa shape index (κ1) is 18.9. The van der Waals surface area contributed by atoms with Gasteiger partial charge in [-0.05, 0) is 18.4 Å². The van der Waals surface area contributed by atoms with E-state index in [4.69, 9.17) is 4.74 Å². The van der Waals surface area contributed by atoms with Crippen molar-refractivity contribution in [1.29, 1.82) is 5.26 Å². The highest BCUT2D eigenvalue weighted by Gasteiger charge is 2.26. The molecule has 0 radical (unpaired) electrons. The number of ether oxygens (including phenoxy) is 1. The van der Waals surface area contributed by atoms with Crippen molar-refractivity contribution in [3.63, 3.8) is 0 Å². The molecule has 2 aromatic rings. The number of benzene rings is 1. The number of aromatic nitrogens is 3. The van der Waals surface area contributed by atoms with Crippen LogP contribution in [0.4, 0.5) is 11.9 Å². The topological polar surface area (TPSA) is 99.0 Å². The molecule has 0 bridgehead atoms. The summed E-state index contributed by atoms with van der Waals surface area (Å²) in [6.07, 6.45) is 2.23. The van der Waals surface area contributed by atoms with Crippen LogP contribution in [0.3, 0.4) is 0 Å². The van der Waals surface area contributed by atoms with Crippen molar-refractivity contribution in [2.45, 2.75) is 18.9 Å². The highest BCUT2D eigenvalue weighted by Crippen LogP contribution is 2.35. The molecule has 2 fully saturated rings. The third-order valence-corrected chi connectivity index (χ3v) is 5.91. The van der Waals surface area contributed by atoms with Crippen molar-refractivity contribution in [2.75, 3.05) is 36.5 Å². The van der Waals surface area contributed by atoms with Gasteiger partial charge in [-0.15, -0.1) is 0 Å². The summed E-state index contributed by atoms with van der Waals surface area (Å²) in [5.74, 6) is 1.49. The van der Waals surface area contributed by atoms with Gasteiger partial charge in [0.05, 0.1) is 23.9 Å². The molecule has 0 atom stereocenters. The highest BCUT2D eigenvalue weighted by molar-refractivity contribution is 8.06. The van der Waals surface area contributed by atoms with Crippen molar-refractivity contribution in [3.05, 3.63) is 52.2 Å². The molecule has 0 unspecified atom stereocenters. The van der Waals surface area contributed by atoms with E-state index in [1.54, 1.807) is 0 Å². The van der Waals surface area contributed by atoms with Gasteiger partial charge in [-0.2, -0.15) is 20.2 Å². The summed E-state index contributed by atoms with van der Waals surface area (Å²) in [7, 11) is 0. The molecule has 3 heterocycles. The number of anilines is 2. The molecule has 1 aromatic heterocycles. The predicted octanol–water partition coefficient (Wildman–Crippen LogP) is 2.81. The van der Waals surface area contributed by atoms with E-state index >= 15 is 0 Å². The first-order valence-corrected chi connectivity index (χ1v) is 10.9. The van der Waals surface area contributed by atoms with E-state index in [0.717, 1.165) is 42.2 Å². The fourth-order valence-corrected chi connectivity index (χ4v) is 4.09. The van der Waals surface area contributed by atoms with Crippen LogP contribution in [0.2, 0.25) is 0 Å². The van der Waals surface area contributed by atoms with E-state index in [-0.39, 0.29) is 0 Å². The molecule has 9 heteroatoms. The zero-order valence-corrected chi connectivity index (χ0v) is 17.2. The van der Waals surface area contributed by atoms with Crippen LogP contribution in [0.5, 0.6) is 0 Å². The largest absolute Gasteiger partial charge is 0.378 e. The van der Waals surface area contributed by atoms with Gasteiger partial charge in [0.15, 0.2) is 5.82 Å². The quantitative estimate of drug-likeness (QED) is 0.709. The van der Waals surface area contributed by atoms with Crippen molar-refractivity contribution in [3.8, 4) is 6.07 Å². The van der Waals surface area contributed by atoms with Crippen molar-refractivity contribution in [1.82, 2.24) is 20.3 Å². The van der Waals surface area contributed by atoms with E-state index < -0.39 is 0 Å². The Morgan fingerprint density at radius 2 is 1.97 bits per heavy atom. The molecule has 1 aromatic carbocycles. The highest BCUT2D eigenvalue weighted by atomic mass is 32.2. The number of morpholine rings is 1. The molecule has 3 aliphatic rings. The molecule has 0 spiro atoms. The Morgan fingerprint density at radius 3 is 2.70 bits per heavy atom. The summed E-state index contributed by atoms with van der Waals surface area (Å²) in [5.41, 5.74) is 2.44. The van der Waals surface area contributed by atoms with Gasteiger partial charge in [0, 0.05) is 24.5 Å². The maximum atomic E-state index is 9.94. The van der Waals surface area contributed by atoms with Crippen LogP contribution in [0.1, 0.15) is 24.2 Å². The van der Waals surface area contributed by atoms with Crippen LogP contribution < -0.4 is 15.5 Å². The van der Waals surface area contributed by atoms with Crippen LogP contribution in [0.25, 0.3) is 11.3 Å². The Morgan fingerprint density at radius 1 is 1.17 bits per heavy atom. The van der Waals surface area contributed by atoms with Crippen molar-refractivity contribution < 1.29 is 4.74 Å². The fourth-order valence-electron chi connectivity index (χ4n) is 3.24. The second kappa shape index (κ2) is 8.34. The standard InChI is InChI=1S/C21H21N7OS/c22-12-16(19-24-17(13-30-19)14-4-2-1-3-5-14)18-25-20(23-15-6-7-15)27-21(26-18)28-8-10-29-11-9-28/h1-5,13,15,24H,6-11H2,(H,23,25,26,27). The first-order chi connectivity index (χ1) is 14.8. The van der Waals surface area contributed by atoms with E-state index in [9.17, 15) is 5.26 Å². The summed E-state index contributed by atoms with van der Waals surface area (Å²) in [4.78, 5) is 15.9. The molecule has 5 rings (SSSR count). The molecular weight excluding hydrogens is 398 g/mol. The fraction of sp³-hybridized carbons (Fsp3) is 0.333. The smallest absolute Gasteiger partial charge is 0.230 e. The monoisotopic (exact) mass is 419 g/mol. The van der Waals surface area contributed by atoms with Crippen LogP contribution in [0.15, 0.2) is 40.8 Å². The lowest BCUT2D eigenvalue weighted by atomic mass is 10.2. The summed E-state index contributed by atoms with van der Waals surface area (Å²) in [5, 5.41) is 19.4. The minimum atomic E-state index is 0.384. The molecule has 152 valence electrons. The minimum Gasteiger partial charge on any atom is -0.378 e. The van der Waals surface area contributed by atoms with Gasteiger partial charge in [-0.1, -0.05) is 42.1 Å². The zero-order chi connectivity index (χ0) is 20.3.